The van der Waals surface area contributed by atoms with Gasteiger partial charge >= 0.3 is 0 Å². The molecule has 1 aliphatic heterocycles. The summed E-state index contributed by atoms with van der Waals surface area (Å²) >= 11 is 0. The van der Waals surface area contributed by atoms with Crippen molar-refractivity contribution in [3.8, 4) is 0 Å². The number of pyridine rings is 1. The summed E-state index contributed by atoms with van der Waals surface area (Å²) < 4.78 is 22.9. The molecule has 0 amide bonds. The van der Waals surface area contributed by atoms with Crippen molar-refractivity contribution in [1.29, 1.82) is 0 Å². The molecule has 0 unspecified atom stereocenters. The van der Waals surface area contributed by atoms with Crippen molar-refractivity contribution < 1.29 is 8.42 Å². The number of nitrogens with two attached hydrogens (primary N) is 1. The Morgan fingerprint density at radius 1 is 1.29 bits per heavy atom. The van der Waals surface area contributed by atoms with E-state index in [2.05, 4.69) is 9.88 Å². The van der Waals surface area contributed by atoms with Crippen LogP contribution in [0.4, 0.5) is 5.82 Å². The molecule has 2 heterocycles. The third-order valence-electron chi connectivity index (χ3n) is 2.86. The second-order valence-corrected chi connectivity index (χ2v) is 6.64. The SMILES string of the molecule is Nc1cccc(CN2CCCS(=O)(=O)CC2)n1. The van der Waals surface area contributed by atoms with Gasteiger partial charge in [-0.1, -0.05) is 6.07 Å². The van der Waals surface area contributed by atoms with Gasteiger partial charge in [0.2, 0.25) is 0 Å². The van der Waals surface area contributed by atoms with Crippen LogP contribution in [0.5, 0.6) is 0 Å². The van der Waals surface area contributed by atoms with Crippen molar-refractivity contribution in [3.63, 3.8) is 0 Å². The molecule has 0 radical (unpaired) electrons. The zero-order valence-electron chi connectivity index (χ0n) is 9.67. The van der Waals surface area contributed by atoms with E-state index in [1.54, 1.807) is 6.07 Å². The average molecular weight is 255 g/mol. The van der Waals surface area contributed by atoms with Crippen molar-refractivity contribution >= 4 is 15.7 Å². The minimum absolute atomic E-state index is 0.245. The Labute approximate surface area is 102 Å². The van der Waals surface area contributed by atoms with Gasteiger partial charge in [0.1, 0.15) is 5.82 Å². The molecule has 94 valence electrons. The molecule has 0 atom stereocenters. The van der Waals surface area contributed by atoms with Crippen LogP contribution in [0.25, 0.3) is 0 Å². The number of aromatic nitrogens is 1. The second-order valence-electron chi connectivity index (χ2n) is 4.34. The summed E-state index contributed by atoms with van der Waals surface area (Å²) in [4.78, 5) is 6.34. The van der Waals surface area contributed by atoms with Gasteiger partial charge in [-0.05, 0) is 25.1 Å². The lowest BCUT2D eigenvalue weighted by Crippen LogP contribution is -2.27. The molecule has 5 nitrogen and oxygen atoms in total. The molecule has 1 aromatic heterocycles. The second kappa shape index (κ2) is 5.01. The van der Waals surface area contributed by atoms with E-state index in [1.807, 2.05) is 12.1 Å². The lowest BCUT2D eigenvalue weighted by molar-refractivity contribution is 0.284. The summed E-state index contributed by atoms with van der Waals surface area (Å²) in [6, 6.07) is 5.53. The molecule has 2 N–H and O–H groups in total. The molecule has 1 aromatic rings. The fourth-order valence-corrected chi connectivity index (χ4v) is 3.27. The molecular weight excluding hydrogens is 238 g/mol. The van der Waals surface area contributed by atoms with E-state index in [1.165, 1.54) is 0 Å². The Balaban J connectivity index is 2.00. The highest BCUT2D eigenvalue weighted by molar-refractivity contribution is 7.91. The van der Waals surface area contributed by atoms with Crippen LogP contribution in [-0.4, -0.2) is 42.9 Å². The molecule has 0 saturated carbocycles. The standard InChI is InChI=1S/C11H17N3O2S/c12-11-4-1-3-10(13-11)9-14-5-2-7-17(15,16)8-6-14/h1,3-4H,2,5-9H2,(H2,12,13). The van der Waals surface area contributed by atoms with Gasteiger partial charge in [-0.25, -0.2) is 13.4 Å². The van der Waals surface area contributed by atoms with E-state index in [0.29, 0.717) is 31.1 Å². The molecule has 0 aliphatic carbocycles. The first kappa shape index (κ1) is 12.3. The fraction of sp³-hybridized carbons (Fsp3) is 0.545. The Morgan fingerprint density at radius 2 is 2.12 bits per heavy atom. The minimum Gasteiger partial charge on any atom is -0.384 e. The first-order valence-electron chi connectivity index (χ1n) is 5.69. The van der Waals surface area contributed by atoms with Crippen LogP contribution in [0.3, 0.4) is 0 Å². The van der Waals surface area contributed by atoms with Gasteiger partial charge in [-0.2, -0.15) is 0 Å². The van der Waals surface area contributed by atoms with Crippen molar-refractivity contribution in [2.45, 2.75) is 13.0 Å². The van der Waals surface area contributed by atoms with Crippen molar-refractivity contribution in [2.24, 2.45) is 0 Å². The zero-order valence-corrected chi connectivity index (χ0v) is 10.5. The topological polar surface area (TPSA) is 76.3 Å². The van der Waals surface area contributed by atoms with Crippen LogP contribution in [0, 0.1) is 0 Å². The molecule has 1 fully saturated rings. The number of nitrogens with zero attached hydrogens (tertiary/aromatic N) is 2. The first-order valence-corrected chi connectivity index (χ1v) is 7.51. The number of hydrogen-bond acceptors (Lipinski definition) is 5. The minimum atomic E-state index is -2.84. The highest BCUT2D eigenvalue weighted by Crippen LogP contribution is 2.09. The van der Waals surface area contributed by atoms with Crippen molar-refractivity contribution in [1.82, 2.24) is 9.88 Å². The van der Waals surface area contributed by atoms with Gasteiger partial charge in [0.25, 0.3) is 0 Å². The third-order valence-corrected chi connectivity index (χ3v) is 4.58. The van der Waals surface area contributed by atoms with Crippen LogP contribution in [-0.2, 0) is 16.4 Å². The first-order chi connectivity index (χ1) is 8.05. The number of sulfone groups is 1. The summed E-state index contributed by atoms with van der Waals surface area (Å²) in [5.41, 5.74) is 6.51. The molecule has 2 rings (SSSR count). The van der Waals surface area contributed by atoms with E-state index in [0.717, 1.165) is 12.2 Å². The fourth-order valence-electron chi connectivity index (χ4n) is 1.96. The Kier molecular flexibility index (Phi) is 3.63. The average Bonchev–Trinajstić information content (AvgIpc) is 2.41. The maximum Gasteiger partial charge on any atom is 0.151 e. The molecule has 1 saturated heterocycles. The molecule has 6 heteroatoms. The summed E-state index contributed by atoms with van der Waals surface area (Å²) in [5.74, 6) is 1.05. The third kappa shape index (κ3) is 3.67. The maximum atomic E-state index is 11.5. The lowest BCUT2D eigenvalue weighted by atomic mass is 10.3. The van der Waals surface area contributed by atoms with Crippen LogP contribution in [0.1, 0.15) is 12.1 Å². The molecule has 0 spiro atoms. The quantitative estimate of drug-likeness (QED) is 0.821. The molecule has 0 aromatic carbocycles. The van der Waals surface area contributed by atoms with Gasteiger partial charge in [-0.3, -0.25) is 4.90 Å². The normalized spacial score (nSPS) is 20.9. The highest BCUT2D eigenvalue weighted by Gasteiger charge is 2.19. The van der Waals surface area contributed by atoms with Crippen molar-refractivity contribution in [3.05, 3.63) is 23.9 Å². The molecule has 0 bridgehead atoms. The van der Waals surface area contributed by atoms with E-state index in [4.69, 9.17) is 5.73 Å². The predicted octanol–water partition coefficient (Wildman–Crippen LogP) is 0.284. The number of nitrogen functional groups attached to an aromatic ring is 1. The van der Waals surface area contributed by atoms with E-state index in [-0.39, 0.29) is 5.75 Å². The van der Waals surface area contributed by atoms with Crippen LogP contribution < -0.4 is 5.73 Å². The summed E-state index contributed by atoms with van der Waals surface area (Å²) in [7, 11) is -2.84. The number of anilines is 1. The summed E-state index contributed by atoms with van der Waals surface area (Å²) in [5, 5.41) is 0. The van der Waals surface area contributed by atoms with Gasteiger partial charge in [-0.15, -0.1) is 0 Å². The Hall–Kier alpha value is -1.14. The van der Waals surface area contributed by atoms with E-state index < -0.39 is 9.84 Å². The smallest absolute Gasteiger partial charge is 0.151 e. The summed E-state index contributed by atoms with van der Waals surface area (Å²) in [6.45, 7) is 2.05. The Morgan fingerprint density at radius 3 is 2.88 bits per heavy atom. The monoisotopic (exact) mass is 255 g/mol. The largest absolute Gasteiger partial charge is 0.384 e. The van der Waals surface area contributed by atoms with Crippen LogP contribution in [0.2, 0.25) is 0 Å². The van der Waals surface area contributed by atoms with Gasteiger partial charge in [0.05, 0.1) is 17.2 Å². The van der Waals surface area contributed by atoms with Gasteiger partial charge in [0, 0.05) is 13.1 Å². The molecule has 17 heavy (non-hydrogen) atoms. The molecular formula is C11H17N3O2S. The Bertz CT molecular complexity index is 487. The van der Waals surface area contributed by atoms with Crippen molar-refractivity contribution in [2.75, 3.05) is 30.3 Å². The van der Waals surface area contributed by atoms with E-state index in [9.17, 15) is 8.42 Å². The van der Waals surface area contributed by atoms with Crippen LogP contribution >= 0.6 is 0 Å². The lowest BCUT2D eigenvalue weighted by Gasteiger charge is -2.18. The van der Waals surface area contributed by atoms with E-state index >= 15 is 0 Å². The molecule has 1 aliphatic rings. The van der Waals surface area contributed by atoms with Gasteiger partial charge in [0.15, 0.2) is 9.84 Å². The van der Waals surface area contributed by atoms with Gasteiger partial charge < -0.3 is 5.73 Å². The summed E-state index contributed by atoms with van der Waals surface area (Å²) in [6.07, 6.45) is 0.699. The predicted molar refractivity (Wildman–Crippen MR) is 67.2 cm³/mol. The zero-order chi connectivity index (χ0) is 12.3. The number of hydrogen-bond donors (Lipinski definition) is 1. The number of rotatable bonds is 2. The highest BCUT2D eigenvalue weighted by atomic mass is 32.2. The van der Waals surface area contributed by atoms with Crippen LogP contribution in [0.15, 0.2) is 18.2 Å². The maximum absolute atomic E-state index is 11.5.